The fraction of sp³-hybridized carbons (Fsp3) is 0.250. The van der Waals surface area contributed by atoms with Crippen molar-refractivity contribution in [2.75, 3.05) is 12.3 Å². The molecule has 2 heterocycles. The molecule has 1 aromatic heterocycles. The molecule has 1 aliphatic heterocycles. The molecule has 0 radical (unpaired) electrons. The van der Waals surface area contributed by atoms with Gasteiger partial charge in [-0.3, -0.25) is 9.78 Å². The number of halogens is 3. The van der Waals surface area contributed by atoms with Crippen molar-refractivity contribution in [2.45, 2.75) is 11.8 Å². The van der Waals surface area contributed by atoms with Gasteiger partial charge in [-0.1, -0.05) is 12.1 Å². The van der Waals surface area contributed by atoms with Crippen molar-refractivity contribution in [1.82, 2.24) is 9.88 Å². The first kappa shape index (κ1) is 18.2. The van der Waals surface area contributed by atoms with Gasteiger partial charge in [0.1, 0.15) is 11.2 Å². The molecule has 1 fully saturated rings. The van der Waals surface area contributed by atoms with Crippen LogP contribution in [0.5, 0.6) is 0 Å². The molecular weight excluding hydrogens is 403 g/mol. The van der Waals surface area contributed by atoms with Gasteiger partial charge in [0.15, 0.2) is 0 Å². The highest BCUT2D eigenvalue weighted by atomic mass is 79.9. The Morgan fingerprint density at radius 3 is 2.87 bits per heavy atom. The van der Waals surface area contributed by atoms with Gasteiger partial charge in [-0.05, 0) is 45.8 Å². The van der Waals surface area contributed by atoms with Crippen LogP contribution in [0.1, 0.15) is 16.6 Å². The summed E-state index contributed by atoms with van der Waals surface area (Å²) in [5.41, 5.74) is 1.90. The zero-order chi connectivity index (χ0) is 15.5. The molecule has 1 unspecified atom stereocenters. The molecule has 1 atom stereocenters. The zero-order valence-corrected chi connectivity index (χ0v) is 15.3. The van der Waals surface area contributed by atoms with Crippen LogP contribution in [0, 0.1) is 5.82 Å². The third-order valence-electron chi connectivity index (χ3n) is 3.53. The van der Waals surface area contributed by atoms with E-state index in [1.54, 1.807) is 30.1 Å². The zero-order valence-electron chi connectivity index (χ0n) is 12.1. The van der Waals surface area contributed by atoms with Crippen molar-refractivity contribution in [3.63, 3.8) is 0 Å². The number of benzene rings is 1. The van der Waals surface area contributed by atoms with Crippen LogP contribution < -0.4 is 0 Å². The summed E-state index contributed by atoms with van der Waals surface area (Å²) in [7, 11) is 0. The Morgan fingerprint density at radius 1 is 1.35 bits per heavy atom. The van der Waals surface area contributed by atoms with E-state index in [0.29, 0.717) is 23.2 Å². The molecule has 7 heteroatoms. The van der Waals surface area contributed by atoms with Gasteiger partial charge in [0, 0.05) is 24.9 Å². The highest BCUT2D eigenvalue weighted by Crippen LogP contribution is 2.39. The molecule has 0 N–H and O–H groups in total. The molecule has 1 amide bonds. The van der Waals surface area contributed by atoms with E-state index in [1.165, 1.54) is 6.07 Å². The van der Waals surface area contributed by atoms with E-state index in [2.05, 4.69) is 20.9 Å². The summed E-state index contributed by atoms with van der Waals surface area (Å²) >= 11 is 4.78. The third kappa shape index (κ3) is 4.25. The number of thioether (sulfide) groups is 1. The van der Waals surface area contributed by atoms with E-state index < -0.39 is 0 Å². The SMILES string of the molecule is Cl.O=C1CSC(c2ccc(F)c(Br)c2)N1CCc1ccccn1. The molecule has 1 aliphatic rings. The number of amides is 1. The summed E-state index contributed by atoms with van der Waals surface area (Å²) in [4.78, 5) is 18.3. The molecule has 1 aromatic carbocycles. The van der Waals surface area contributed by atoms with E-state index in [4.69, 9.17) is 0 Å². The van der Waals surface area contributed by atoms with Crippen molar-refractivity contribution >= 4 is 46.0 Å². The first-order valence-electron chi connectivity index (χ1n) is 6.91. The van der Waals surface area contributed by atoms with Crippen LogP contribution in [0.3, 0.4) is 0 Å². The highest BCUT2D eigenvalue weighted by molar-refractivity contribution is 9.10. The van der Waals surface area contributed by atoms with Crippen LogP contribution in [0.4, 0.5) is 4.39 Å². The lowest BCUT2D eigenvalue weighted by atomic mass is 10.2. The largest absolute Gasteiger partial charge is 0.325 e. The smallest absolute Gasteiger partial charge is 0.233 e. The predicted octanol–water partition coefficient (Wildman–Crippen LogP) is 4.22. The lowest BCUT2D eigenvalue weighted by molar-refractivity contribution is -0.128. The van der Waals surface area contributed by atoms with Gasteiger partial charge in [-0.25, -0.2) is 4.39 Å². The summed E-state index contributed by atoms with van der Waals surface area (Å²) in [6.45, 7) is 0.614. The minimum atomic E-state index is -0.293. The van der Waals surface area contributed by atoms with Crippen molar-refractivity contribution < 1.29 is 9.18 Å². The minimum Gasteiger partial charge on any atom is -0.325 e. The summed E-state index contributed by atoms with van der Waals surface area (Å²) in [5, 5.41) is -0.0619. The fourth-order valence-electron chi connectivity index (χ4n) is 2.42. The lowest BCUT2D eigenvalue weighted by Gasteiger charge is -2.24. The molecule has 0 spiro atoms. The van der Waals surface area contributed by atoms with Crippen LogP contribution >= 0.6 is 40.1 Å². The summed E-state index contributed by atoms with van der Waals surface area (Å²) < 4.78 is 13.8. The normalized spacial score (nSPS) is 17.2. The van der Waals surface area contributed by atoms with E-state index >= 15 is 0 Å². The first-order chi connectivity index (χ1) is 10.6. The van der Waals surface area contributed by atoms with Crippen molar-refractivity contribution in [3.8, 4) is 0 Å². The maximum absolute atomic E-state index is 13.4. The molecule has 0 bridgehead atoms. The number of pyridine rings is 1. The van der Waals surface area contributed by atoms with Crippen molar-refractivity contribution in [2.24, 2.45) is 0 Å². The molecule has 3 rings (SSSR count). The van der Waals surface area contributed by atoms with E-state index in [9.17, 15) is 9.18 Å². The Balaban J connectivity index is 0.00000192. The highest BCUT2D eigenvalue weighted by Gasteiger charge is 2.32. The molecule has 1 saturated heterocycles. The van der Waals surface area contributed by atoms with Crippen LogP contribution in [0.15, 0.2) is 47.1 Å². The van der Waals surface area contributed by atoms with Gasteiger partial charge in [-0.15, -0.1) is 24.2 Å². The van der Waals surface area contributed by atoms with Gasteiger partial charge >= 0.3 is 0 Å². The third-order valence-corrected chi connectivity index (χ3v) is 5.40. The quantitative estimate of drug-likeness (QED) is 0.747. The fourth-order valence-corrected chi connectivity index (χ4v) is 4.02. The Labute approximate surface area is 153 Å². The molecule has 0 aliphatic carbocycles. The topological polar surface area (TPSA) is 33.2 Å². The van der Waals surface area contributed by atoms with Crippen LogP contribution in [0.25, 0.3) is 0 Å². The number of rotatable bonds is 4. The average molecular weight is 418 g/mol. The van der Waals surface area contributed by atoms with Gasteiger partial charge < -0.3 is 4.90 Å². The number of hydrogen-bond acceptors (Lipinski definition) is 3. The second-order valence-electron chi connectivity index (χ2n) is 5.00. The first-order valence-corrected chi connectivity index (χ1v) is 8.75. The number of aromatic nitrogens is 1. The molecule has 23 heavy (non-hydrogen) atoms. The van der Waals surface area contributed by atoms with Crippen molar-refractivity contribution in [1.29, 1.82) is 0 Å². The number of hydrogen-bond donors (Lipinski definition) is 0. The second-order valence-corrected chi connectivity index (χ2v) is 6.92. The van der Waals surface area contributed by atoms with Crippen LogP contribution in [-0.2, 0) is 11.2 Å². The second kappa shape index (κ2) is 8.13. The predicted molar refractivity (Wildman–Crippen MR) is 96.2 cm³/mol. The van der Waals surface area contributed by atoms with Gasteiger partial charge in [0.05, 0.1) is 10.2 Å². The van der Waals surface area contributed by atoms with Gasteiger partial charge in [-0.2, -0.15) is 0 Å². The summed E-state index contributed by atoms with van der Waals surface area (Å²) in [6, 6.07) is 10.7. The molecule has 2 aromatic rings. The number of nitrogens with zero attached hydrogens (tertiary/aromatic N) is 2. The van der Waals surface area contributed by atoms with E-state index in [0.717, 1.165) is 11.3 Å². The van der Waals surface area contributed by atoms with Crippen molar-refractivity contribution in [3.05, 3.63) is 64.1 Å². The Bertz CT molecular complexity index is 689. The van der Waals surface area contributed by atoms with Gasteiger partial charge in [0.2, 0.25) is 5.91 Å². The van der Waals surface area contributed by atoms with Gasteiger partial charge in [0.25, 0.3) is 0 Å². The molecule has 122 valence electrons. The van der Waals surface area contributed by atoms with E-state index in [1.807, 2.05) is 23.1 Å². The average Bonchev–Trinajstić information content (AvgIpc) is 2.90. The Morgan fingerprint density at radius 2 is 2.17 bits per heavy atom. The maximum Gasteiger partial charge on any atom is 0.233 e. The standard InChI is InChI=1S/C16H14BrFN2OS.ClH/c17-13-9-11(4-5-14(13)18)16-20(15(21)10-22-16)8-6-12-3-1-2-7-19-12;/h1-5,7,9,16H,6,8,10H2;1H. The Kier molecular flexibility index (Phi) is 6.44. The Hall–Kier alpha value is -1.11. The minimum absolute atomic E-state index is 0. The summed E-state index contributed by atoms with van der Waals surface area (Å²) in [6.07, 6.45) is 2.47. The molecule has 0 saturated carbocycles. The molecule has 3 nitrogen and oxygen atoms in total. The van der Waals surface area contributed by atoms with Crippen LogP contribution in [0.2, 0.25) is 0 Å². The molecular formula is C16H15BrClFN2OS. The van der Waals surface area contributed by atoms with E-state index in [-0.39, 0.29) is 29.5 Å². The monoisotopic (exact) mass is 416 g/mol. The van der Waals surface area contributed by atoms with Crippen LogP contribution in [-0.4, -0.2) is 28.1 Å². The number of carbonyl (C=O) groups excluding carboxylic acids is 1. The lowest BCUT2D eigenvalue weighted by Crippen LogP contribution is -2.30. The number of carbonyl (C=O) groups is 1. The summed E-state index contributed by atoms with van der Waals surface area (Å²) in [5.74, 6) is 0.284. The maximum atomic E-state index is 13.4.